The highest BCUT2D eigenvalue weighted by Crippen LogP contribution is 2.41. The van der Waals surface area contributed by atoms with Crippen LogP contribution in [-0.4, -0.2) is 0 Å². The molecule has 2 nitrogen and oxygen atoms in total. The fraction of sp³-hybridized carbons (Fsp3) is 0.400. The third-order valence-corrected chi connectivity index (χ3v) is 6.39. The van der Waals surface area contributed by atoms with E-state index in [1.807, 2.05) is 12.1 Å². The molecule has 0 saturated heterocycles. The molecule has 0 spiro atoms. The number of aryl methyl sites for hydroxylation is 4. The Kier molecular flexibility index (Phi) is 5.97. The molecule has 0 aliphatic rings. The van der Waals surface area contributed by atoms with E-state index < -0.39 is 0 Å². The zero-order valence-corrected chi connectivity index (χ0v) is 21.6. The SMILES string of the molecule is Cc1cc(-c2cc(N)cc(-c3cc(C)c(C(C)(C)C)c(C)c3)c2N)cc(C)c1C(C)(C)C. The molecule has 0 saturated carbocycles. The first-order valence-corrected chi connectivity index (χ1v) is 11.5. The summed E-state index contributed by atoms with van der Waals surface area (Å²) in [5.41, 5.74) is 27.1. The molecule has 4 N–H and O–H groups in total. The van der Waals surface area contributed by atoms with Gasteiger partial charge in [0.05, 0.1) is 0 Å². The van der Waals surface area contributed by atoms with Gasteiger partial charge in [0.15, 0.2) is 0 Å². The minimum Gasteiger partial charge on any atom is -0.399 e. The maximum absolute atomic E-state index is 6.81. The van der Waals surface area contributed by atoms with Gasteiger partial charge in [-0.1, -0.05) is 65.8 Å². The maximum Gasteiger partial charge on any atom is 0.0474 e. The van der Waals surface area contributed by atoms with E-state index >= 15 is 0 Å². The molecular weight excluding hydrogens is 388 g/mol. The predicted molar refractivity (Wildman–Crippen MR) is 142 cm³/mol. The van der Waals surface area contributed by atoms with Crippen molar-refractivity contribution in [3.05, 3.63) is 69.8 Å². The van der Waals surface area contributed by atoms with Gasteiger partial charge in [0.1, 0.15) is 0 Å². The molecule has 0 bridgehead atoms. The second-order valence-corrected chi connectivity index (χ2v) is 11.5. The van der Waals surface area contributed by atoms with Crippen LogP contribution < -0.4 is 11.5 Å². The number of benzene rings is 3. The van der Waals surface area contributed by atoms with Crippen LogP contribution in [0.3, 0.4) is 0 Å². The average Bonchev–Trinajstić information content (AvgIpc) is 2.59. The topological polar surface area (TPSA) is 52.0 Å². The van der Waals surface area contributed by atoms with Gasteiger partial charge in [0, 0.05) is 22.5 Å². The van der Waals surface area contributed by atoms with E-state index in [2.05, 4.69) is 93.5 Å². The summed E-state index contributed by atoms with van der Waals surface area (Å²) in [7, 11) is 0. The molecule has 2 heteroatoms. The molecule has 170 valence electrons. The van der Waals surface area contributed by atoms with Crippen LogP contribution in [0.15, 0.2) is 36.4 Å². The number of anilines is 2. The highest BCUT2D eigenvalue weighted by molar-refractivity contribution is 5.92. The van der Waals surface area contributed by atoms with Gasteiger partial charge in [-0.25, -0.2) is 0 Å². The first kappa shape index (κ1) is 23.9. The first-order chi connectivity index (χ1) is 14.6. The standard InChI is InChI=1S/C30H40N2/c1-17-11-21(12-18(2)26(17)29(5,6)7)24-15-23(31)16-25(28(24)32)22-13-19(3)27(20(4)14-22)30(8,9)10/h11-16H,31-32H2,1-10H3. The van der Waals surface area contributed by atoms with E-state index in [-0.39, 0.29) is 10.8 Å². The summed E-state index contributed by atoms with van der Waals surface area (Å²) in [4.78, 5) is 0. The highest BCUT2D eigenvalue weighted by atomic mass is 14.6. The summed E-state index contributed by atoms with van der Waals surface area (Å²) in [5.74, 6) is 0. The molecule has 0 heterocycles. The molecule has 0 amide bonds. The van der Waals surface area contributed by atoms with Gasteiger partial charge in [0.2, 0.25) is 0 Å². The Hall–Kier alpha value is -2.74. The Morgan fingerprint density at radius 2 is 0.781 bits per heavy atom. The highest BCUT2D eigenvalue weighted by Gasteiger charge is 2.22. The van der Waals surface area contributed by atoms with Crippen LogP contribution in [0, 0.1) is 27.7 Å². The van der Waals surface area contributed by atoms with E-state index in [9.17, 15) is 0 Å². The van der Waals surface area contributed by atoms with Gasteiger partial charge in [-0.05, 0) is 95.2 Å². The number of nitrogens with two attached hydrogens (primary N) is 2. The van der Waals surface area contributed by atoms with Crippen LogP contribution in [0.4, 0.5) is 11.4 Å². The number of hydrogen-bond acceptors (Lipinski definition) is 2. The second-order valence-electron chi connectivity index (χ2n) is 11.5. The maximum atomic E-state index is 6.81. The van der Waals surface area contributed by atoms with Crippen LogP contribution in [0.1, 0.15) is 74.9 Å². The van der Waals surface area contributed by atoms with Gasteiger partial charge in [-0.3, -0.25) is 0 Å². The minimum atomic E-state index is 0.100. The predicted octanol–water partition coefficient (Wildman–Crippen LogP) is 8.01. The van der Waals surface area contributed by atoms with Crippen LogP contribution >= 0.6 is 0 Å². The normalized spacial score (nSPS) is 12.3. The molecule has 32 heavy (non-hydrogen) atoms. The summed E-state index contributed by atoms with van der Waals surface area (Å²) in [6.07, 6.45) is 0. The second kappa shape index (κ2) is 7.99. The van der Waals surface area contributed by atoms with Gasteiger partial charge in [0.25, 0.3) is 0 Å². The fourth-order valence-electron chi connectivity index (χ4n) is 5.76. The van der Waals surface area contributed by atoms with Crippen molar-refractivity contribution in [1.82, 2.24) is 0 Å². The van der Waals surface area contributed by atoms with Crippen molar-refractivity contribution in [2.24, 2.45) is 0 Å². The number of rotatable bonds is 2. The number of nitrogen functional groups attached to an aromatic ring is 2. The van der Waals surface area contributed by atoms with E-state index in [0.29, 0.717) is 0 Å². The summed E-state index contributed by atoms with van der Waals surface area (Å²) < 4.78 is 0. The lowest BCUT2D eigenvalue weighted by Crippen LogP contribution is -2.15. The van der Waals surface area contributed by atoms with Crippen molar-refractivity contribution in [1.29, 1.82) is 0 Å². The Morgan fingerprint density at radius 3 is 1.03 bits per heavy atom. The van der Waals surface area contributed by atoms with Crippen molar-refractivity contribution in [2.45, 2.75) is 80.1 Å². The molecule has 0 aromatic heterocycles. The first-order valence-electron chi connectivity index (χ1n) is 11.5. The van der Waals surface area contributed by atoms with Crippen LogP contribution in [0.5, 0.6) is 0 Å². The van der Waals surface area contributed by atoms with E-state index in [1.165, 1.54) is 33.4 Å². The molecule has 0 fully saturated rings. The molecular formula is C30H40N2. The minimum absolute atomic E-state index is 0.100. The molecule has 3 aromatic rings. The average molecular weight is 429 g/mol. The molecule has 0 radical (unpaired) electrons. The lowest BCUT2D eigenvalue weighted by atomic mass is 9.79. The summed E-state index contributed by atoms with van der Waals surface area (Å²) >= 11 is 0. The zero-order valence-electron chi connectivity index (χ0n) is 21.6. The van der Waals surface area contributed by atoms with Gasteiger partial charge < -0.3 is 11.5 Å². The van der Waals surface area contributed by atoms with Crippen molar-refractivity contribution in [2.75, 3.05) is 11.5 Å². The lowest BCUT2D eigenvalue weighted by Gasteiger charge is -2.26. The Morgan fingerprint density at radius 1 is 0.500 bits per heavy atom. The smallest absolute Gasteiger partial charge is 0.0474 e. The Balaban J connectivity index is 2.23. The fourth-order valence-corrected chi connectivity index (χ4v) is 5.76. The monoisotopic (exact) mass is 428 g/mol. The van der Waals surface area contributed by atoms with E-state index in [4.69, 9.17) is 11.5 Å². The van der Waals surface area contributed by atoms with Crippen molar-refractivity contribution in [3.63, 3.8) is 0 Å². The summed E-state index contributed by atoms with van der Waals surface area (Å²) in [6.45, 7) is 22.4. The lowest BCUT2D eigenvalue weighted by molar-refractivity contribution is 0.581. The number of hydrogen-bond donors (Lipinski definition) is 2. The Bertz CT molecular complexity index is 1050. The van der Waals surface area contributed by atoms with Crippen LogP contribution in [0.2, 0.25) is 0 Å². The van der Waals surface area contributed by atoms with Gasteiger partial charge >= 0.3 is 0 Å². The molecule has 3 aromatic carbocycles. The van der Waals surface area contributed by atoms with E-state index in [0.717, 1.165) is 33.6 Å². The largest absolute Gasteiger partial charge is 0.399 e. The third kappa shape index (κ3) is 4.41. The quantitative estimate of drug-likeness (QED) is 0.406. The van der Waals surface area contributed by atoms with Crippen molar-refractivity contribution >= 4 is 11.4 Å². The molecule has 0 atom stereocenters. The van der Waals surface area contributed by atoms with E-state index in [1.54, 1.807) is 0 Å². The molecule has 3 rings (SSSR count). The van der Waals surface area contributed by atoms with Gasteiger partial charge in [-0.2, -0.15) is 0 Å². The summed E-state index contributed by atoms with van der Waals surface area (Å²) in [5, 5.41) is 0. The van der Waals surface area contributed by atoms with Crippen LogP contribution in [0.25, 0.3) is 22.3 Å². The van der Waals surface area contributed by atoms with Gasteiger partial charge in [-0.15, -0.1) is 0 Å². The molecule has 0 aliphatic carbocycles. The van der Waals surface area contributed by atoms with Crippen LogP contribution in [-0.2, 0) is 10.8 Å². The zero-order chi connectivity index (χ0) is 24.2. The van der Waals surface area contributed by atoms with Crippen molar-refractivity contribution in [3.8, 4) is 22.3 Å². The molecule has 0 unspecified atom stereocenters. The van der Waals surface area contributed by atoms with Crippen molar-refractivity contribution < 1.29 is 0 Å². The Labute approximate surface area is 195 Å². The molecule has 0 aliphatic heterocycles. The third-order valence-electron chi connectivity index (χ3n) is 6.39. The summed E-state index contributed by atoms with van der Waals surface area (Å²) in [6, 6.07) is 13.0.